The quantitative estimate of drug-likeness (QED) is 0.808. The molecular formula is C15H21NO. The molecule has 0 saturated heterocycles. The largest absolute Gasteiger partial charge is 0.381 e. The Morgan fingerprint density at radius 1 is 1.29 bits per heavy atom. The predicted octanol–water partition coefficient (Wildman–Crippen LogP) is 2.68. The van der Waals surface area contributed by atoms with E-state index in [1.54, 1.807) is 0 Å². The van der Waals surface area contributed by atoms with E-state index in [9.17, 15) is 5.11 Å². The van der Waals surface area contributed by atoms with Crippen LogP contribution >= 0.6 is 0 Å². The molecule has 2 nitrogen and oxygen atoms in total. The van der Waals surface area contributed by atoms with E-state index in [1.165, 1.54) is 5.56 Å². The van der Waals surface area contributed by atoms with Crippen molar-refractivity contribution in [3.05, 3.63) is 47.5 Å². The first-order valence-electron chi connectivity index (χ1n) is 6.25. The molecular weight excluding hydrogens is 210 g/mol. The Morgan fingerprint density at radius 3 is 2.71 bits per heavy atom. The van der Waals surface area contributed by atoms with E-state index in [0.717, 1.165) is 31.4 Å². The summed E-state index contributed by atoms with van der Waals surface area (Å²) in [4.78, 5) is 2.13. The van der Waals surface area contributed by atoms with Crippen molar-refractivity contribution in [1.82, 2.24) is 4.90 Å². The second kappa shape index (κ2) is 5.03. The van der Waals surface area contributed by atoms with Gasteiger partial charge in [-0.25, -0.2) is 0 Å². The monoisotopic (exact) mass is 231 g/mol. The van der Waals surface area contributed by atoms with Gasteiger partial charge in [0.2, 0.25) is 0 Å². The van der Waals surface area contributed by atoms with Gasteiger partial charge in [0.05, 0.1) is 0 Å². The van der Waals surface area contributed by atoms with Gasteiger partial charge in [-0.1, -0.05) is 36.4 Å². The van der Waals surface area contributed by atoms with Crippen LogP contribution < -0.4 is 0 Å². The summed E-state index contributed by atoms with van der Waals surface area (Å²) in [5.74, 6) is 0. The highest BCUT2D eigenvalue weighted by Crippen LogP contribution is 2.34. The lowest BCUT2D eigenvalue weighted by Crippen LogP contribution is -2.27. The molecule has 17 heavy (non-hydrogen) atoms. The fourth-order valence-corrected chi connectivity index (χ4v) is 2.50. The van der Waals surface area contributed by atoms with Crippen molar-refractivity contribution in [2.75, 3.05) is 14.1 Å². The lowest BCUT2D eigenvalue weighted by molar-refractivity contribution is 0.0711. The smallest absolute Gasteiger partial charge is 0.108 e. The predicted molar refractivity (Wildman–Crippen MR) is 70.7 cm³/mol. The Balaban J connectivity index is 2.36. The number of aliphatic hydroxyl groups is 1. The third-order valence-electron chi connectivity index (χ3n) is 3.29. The summed E-state index contributed by atoms with van der Waals surface area (Å²) in [6.45, 7) is 0.867. The van der Waals surface area contributed by atoms with Gasteiger partial charge in [0.25, 0.3) is 0 Å². The molecule has 1 aliphatic rings. The van der Waals surface area contributed by atoms with Crippen LogP contribution in [0.15, 0.2) is 36.4 Å². The van der Waals surface area contributed by atoms with E-state index >= 15 is 0 Å². The fourth-order valence-electron chi connectivity index (χ4n) is 2.50. The Labute approximate surface area is 104 Å². The van der Waals surface area contributed by atoms with Crippen molar-refractivity contribution in [3.63, 3.8) is 0 Å². The van der Waals surface area contributed by atoms with E-state index < -0.39 is 5.60 Å². The number of rotatable bonds is 3. The minimum Gasteiger partial charge on any atom is -0.381 e. The van der Waals surface area contributed by atoms with Gasteiger partial charge in [-0.05, 0) is 44.5 Å². The molecule has 2 heteroatoms. The van der Waals surface area contributed by atoms with Crippen molar-refractivity contribution in [2.45, 2.75) is 31.4 Å². The van der Waals surface area contributed by atoms with Gasteiger partial charge in [-0.15, -0.1) is 0 Å². The van der Waals surface area contributed by atoms with Crippen LogP contribution in [0.25, 0.3) is 0 Å². The first-order valence-corrected chi connectivity index (χ1v) is 6.25. The van der Waals surface area contributed by atoms with E-state index in [2.05, 4.69) is 37.2 Å². The van der Waals surface area contributed by atoms with Crippen LogP contribution in [0.3, 0.4) is 0 Å². The molecule has 0 aliphatic heterocycles. The number of nitrogens with zero attached hydrogens (tertiary/aromatic N) is 1. The van der Waals surface area contributed by atoms with E-state index in [-0.39, 0.29) is 0 Å². The summed E-state index contributed by atoms with van der Waals surface area (Å²) >= 11 is 0. The molecule has 92 valence electrons. The number of hydrogen-bond donors (Lipinski definition) is 1. The zero-order valence-corrected chi connectivity index (χ0v) is 10.7. The highest BCUT2D eigenvalue weighted by molar-refractivity contribution is 5.36. The summed E-state index contributed by atoms with van der Waals surface area (Å²) in [6.07, 6.45) is 7.02. The van der Waals surface area contributed by atoms with Gasteiger partial charge < -0.3 is 10.0 Å². The Bertz CT molecular complexity index is 411. The van der Waals surface area contributed by atoms with Crippen LogP contribution in [0.2, 0.25) is 0 Å². The van der Waals surface area contributed by atoms with Crippen LogP contribution in [0, 0.1) is 0 Å². The van der Waals surface area contributed by atoms with Gasteiger partial charge in [0.15, 0.2) is 0 Å². The Kier molecular flexibility index (Phi) is 3.65. The second-order valence-corrected chi connectivity index (χ2v) is 5.11. The zero-order chi connectivity index (χ0) is 12.3. The van der Waals surface area contributed by atoms with Gasteiger partial charge in [0.1, 0.15) is 5.60 Å². The minimum atomic E-state index is -0.759. The third-order valence-corrected chi connectivity index (χ3v) is 3.29. The molecule has 1 aromatic rings. The normalized spacial score (nSPS) is 24.2. The van der Waals surface area contributed by atoms with E-state index in [1.807, 2.05) is 18.2 Å². The van der Waals surface area contributed by atoms with E-state index in [0.29, 0.717) is 0 Å². The maximum absolute atomic E-state index is 10.7. The van der Waals surface area contributed by atoms with E-state index in [4.69, 9.17) is 0 Å². The van der Waals surface area contributed by atoms with Crippen LogP contribution in [0.1, 0.15) is 30.4 Å². The Hall–Kier alpha value is -1.12. The first kappa shape index (κ1) is 12.3. The topological polar surface area (TPSA) is 23.5 Å². The van der Waals surface area contributed by atoms with Gasteiger partial charge >= 0.3 is 0 Å². The van der Waals surface area contributed by atoms with Gasteiger partial charge in [-0.2, -0.15) is 0 Å². The summed E-state index contributed by atoms with van der Waals surface area (Å²) in [5, 5.41) is 10.7. The molecule has 0 spiro atoms. The zero-order valence-electron chi connectivity index (χ0n) is 10.7. The number of hydrogen-bond acceptors (Lipinski definition) is 2. The van der Waals surface area contributed by atoms with Crippen molar-refractivity contribution in [2.24, 2.45) is 0 Å². The standard InChI is InChI=1S/C15H21NO/c1-16(2)12-13-8-4-5-9-14(13)15(17)10-6-3-7-11-15/h4-6,8-10,17H,3,7,11-12H2,1-2H3. The average Bonchev–Trinajstić information content (AvgIpc) is 2.30. The van der Waals surface area contributed by atoms with Crippen LogP contribution in [0.4, 0.5) is 0 Å². The molecule has 1 N–H and O–H groups in total. The van der Waals surface area contributed by atoms with Crippen LogP contribution in [-0.4, -0.2) is 24.1 Å². The summed E-state index contributed by atoms with van der Waals surface area (Å²) in [5.41, 5.74) is 1.52. The molecule has 1 unspecified atom stereocenters. The summed E-state index contributed by atoms with van der Waals surface area (Å²) in [7, 11) is 4.11. The van der Waals surface area contributed by atoms with Crippen molar-refractivity contribution >= 4 is 0 Å². The van der Waals surface area contributed by atoms with Gasteiger partial charge in [-0.3, -0.25) is 0 Å². The molecule has 1 aliphatic carbocycles. The molecule has 2 rings (SSSR count). The summed E-state index contributed by atoms with van der Waals surface area (Å²) in [6, 6.07) is 8.21. The SMILES string of the molecule is CN(C)Cc1ccccc1C1(O)C=CCCC1. The molecule has 0 heterocycles. The summed E-state index contributed by atoms with van der Waals surface area (Å²) < 4.78 is 0. The molecule has 0 amide bonds. The third kappa shape index (κ3) is 2.76. The minimum absolute atomic E-state index is 0.759. The molecule has 0 fully saturated rings. The maximum atomic E-state index is 10.7. The molecule has 1 atom stereocenters. The highest BCUT2D eigenvalue weighted by Gasteiger charge is 2.29. The van der Waals surface area contributed by atoms with Crippen LogP contribution in [-0.2, 0) is 12.1 Å². The molecule has 1 aromatic carbocycles. The average molecular weight is 231 g/mol. The highest BCUT2D eigenvalue weighted by atomic mass is 16.3. The maximum Gasteiger partial charge on any atom is 0.108 e. The molecule has 0 bridgehead atoms. The number of benzene rings is 1. The fraction of sp³-hybridized carbons (Fsp3) is 0.467. The molecule has 0 saturated carbocycles. The van der Waals surface area contributed by atoms with Crippen molar-refractivity contribution in [1.29, 1.82) is 0 Å². The lowest BCUT2D eigenvalue weighted by Gasteiger charge is -2.30. The van der Waals surface area contributed by atoms with Crippen LogP contribution in [0.5, 0.6) is 0 Å². The molecule has 0 aromatic heterocycles. The van der Waals surface area contributed by atoms with Gasteiger partial charge in [0, 0.05) is 6.54 Å². The Morgan fingerprint density at radius 2 is 2.06 bits per heavy atom. The second-order valence-electron chi connectivity index (χ2n) is 5.11. The molecule has 0 radical (unpaired) electrons. The first-order chi connectivity index (χ1) is 8.12. The lowest BCUT2D eigenvalue weighted by atomic mass is 9.82. The van der Waals surface area contributed by atoms with Crippen molar-refractivity contribution < 1.29 is 5.11 Å². The number of allylic oxidation sites excluding steroid dienone is 1. The van der Waals surface area contributed by atoms with Crippen molar-refractivity contribution in [3.8, 4) is 0 Å².